The Kier molecular flexibility index (Phi) is 3.31. The molecule has 0 unspecified atom stereocenters. The molecule has 0 aliphatic carbocycles. The summed E-state index contributed by atoms with van der Waals surface area (Å²) in [5.74, 6) is 1.44. The highest BCUT2D eigenvalue weighted by Crippen LogP contribution is 2.55. The van der Waals surface area contributed by atoms with Crippen LogP contribution < -0.4 is 14.4 Å². The Labute approximate surface area is 151 Å². The number of likely N-dealkylation sites (N-methyl/N-ethyl adjacent to an activating group) is 1. The molecule has 2 aliphatic rings. The lowest BCUT2D eigenvalue weighted by atomic mass is 9.76. The highest BCUT2D eigenvalue weighted by Gasteiger charge is 2.57. The summed E-state index contributed by atoms with van der Waals surface area (Å²) >= 11 is 0. The zero-order valence-corrected chi connectivity index (χ0v) is 15.1. The van der Waals surface area contributed by atoms with Gasteiger partial charge in [-0.2, -0.15) is 0 Å². The van der Waals surface area contributed by atoms with Gasteiger partial charge in [-0.15, -0.1) is 0 Å². The summed E-state index contributed by atoms with van der Waals surface area (Å²) in [6.45, 7) is 4.27. The number of benzene rings is 2. The highest BCUT2D eigenvalue weighted by molar-refractivity contribution is 5.73. The van der Waals surface area contributed by atoms with Gasteiger partial charge in [-0.1, -0.05) is 0 Å². The SMILES string of the molecule is COc1ccc2c(c1)C(C)(C)[C@@]1(C=Cc3cc([N+](=O)[O-])ccc3O1)N2C. The third-order valence-electron chi connectivity index (χ3n) is 5.59. The highest BCUT2D eigenvalue weighted by atomic mass is 16.6. The fourth-order valence-corrected chi connectivity index (χ4v) is 4.02. The molecule has 0 saturated heterocycles. The maximum absolute atomic E-state index is 11.0. The van der Waals surface area contributed by atoms with Gasteiger partial charge in [-0.05, 0) is 55.8 Å². The molecule has 134 valence electrons. The van der Waals surface area contributed by atoms with Crippen LogP contribution in [0, 0.1) is 10.1 Å². The predicted octanol–water partition coefficient (Wildman–Crippen LogP) is 4.13. The van der Waals surface area contributed by atoms with Crippen LogP contribution in [-0.2, 0) is 5.41 Å². The molecule has 0 radical (unpaired) electrons. The van der Waals surface area contributed by atoms with Crippen molar-refractivity contribution < 1.29 is 14.4 Å². The first kappa shape index (κ1) is 16.4. The maximum Gasteiger partial charge on any atom is 0.270 e. The molecule has 26 heavy (non-hydrogen) atoms. The molecule has 0 saturated carbocycles. The molecule has 2 aromatic carbocycles. The third kappa shape index (κ3) is 1.98. The Morgan fingerprint density at radius 1 is 1.19 bits per heavy atom. The molecular weight excluding hydrogens is 332 g/mol. The summed E-state index contributed by atoms with van der Waals surface area (Å²) < 4.78 is 11.9. The normalized spacial score (nSPS) is 21.9. The predicted molar refractivity (Wildman–Crippen MR) is 99.9 cm³/mol. The van der Waals surface area contributed by atoms with Crippen molar-refractivity contribution in [3.05, 3.63) is 63.7 Å². The Bertz CT molecular complexity index is 951. The van der Waals surface area contributed by atoms with E-state index in [9.17, 15) is 10.1 Å². The largest absolute Gasteiger partial charge is 0.497 e. The van der Waals surface area contributed by atoms with E-state index >= 15 is 0 Å². The standard InChI is InChI=1S/C20H20N2O4/c1-19(2)16-12-15(25-4)6-7-17(16)21(3)20(19)10-9-13-11-14(22(23)24)5-8-18(13)26-20/h5-12H,1-4H3/t20-/m0/s1. The Morgan fingerprint density at radius 2 is 1.96 bits per heavy atom. The topological polar surface area (TPSA) is 64.8 Å². The molecule has 6 nitrogen and oxygen atoms in total. The summed E-state index contributed by atoms with van der Waals surface area (Å²) in [5.41, 5.74) is 1.90. The van der Waals surface area contributed by atoms with Crippen molar-refractivity contribution in [2.75, 3.05) is 19.1 Å². The average molecular weight is 352 g/mol. The fourth-order valence-electron chi connectivity index (χ4n) is 4.02. The monoisotopic (exact) mass is 352 g/mol. The van der Waals surface area contributed by atoms with Crippen molar-refractivity contribution >= 4 is 17.5 Å². The number of nitro benzene ring substituents is 1. The first-order valence-corrected chi connectivity index (χ1v) is 8.39. The van der Waals surface area contributed by atoms with Crippen molar-refractivity contribution in [2.24, 2.45) is 0 Å². The first-order valence-electron chi connectivity index (χ1n) is 8.39. The van der Waals surface area contributed by atoms with Crippen LogP contribution in [0.25, 0.3) is 6.08 Å². The van der Waals surface area contributed by atoms with E-state index < -0.39 is 10.6 Å². The second-order valence-corrected chi connectivity index (χ2v) is 7.18. The lowest BCUT2D eigenvalue weighted by Gasteiger charge is -2.45. The molecule has 0 N–H and O–H groups in total. The Morgan fingerprint density at radius 3 is 2.65 bits per heavy atom. The van der Waals surface area contributed by atoms with Gasteiger partial charge in [0, 0.05) is 30.4 Å². The number of methoxy groups -OCH3 is 1. The van der Waals surface area contributed by atoms with E-state index in [1.807, 2.05) is 37.4 Å². The summed E-state index contributed by atoms with van der Waals surface area (Å²) in [6.07, 6.45) is 3.90. The number of hydrogen-bond acceptors (Lipinski definition) is 5. The molecule has 0 aromatic heterocycles. The summed E-state index contributed by atoms with van der Waals surface area (Å²) in [5, 5.41) is 11.0. The van der Waals surface area contributed by atoms with Crippen LogP contribution in [-0.4, -0.2) is 24.8 Å². The van der Waals surface area contributed by atoms with Gasteiger partial charge in [-0.3, -0.25) is 10.1 Å². The smallest absolute Gasteiger partial charge is 0.270 e. The molecule has 2 heterocycles. The van der Waals surface area contributed by atoms with Crippen molar-refractivity contribution in [3.63, 3.8) is 0 Å². The number of fused-ring (bicyclic) bond motifs is 2. The molecule has 1 spiro atoms. The molecular formula is C20H20N2O4. The van der Waals surface area contributed by atoms with Crippen molar-refractivity contribution in [3.8, 4) is 11.5 Å². The second-order valence-electron chi connectivity index (χ2n) is 7.18. The lowest BCUT2D eigenvalue weighted by Crippen LogP contribution is -2.58. The number of nitrogens with zero attached hydrogens (tertiary/aromatic N) is 2. The number of rotatable bonds is 2. The van der Waals surface area contributed by atoms with Gasteiger partial charge in [0.1, 0.15) is 11.5 Å². The summed E-state index contributed by atoms with van der Waals surface area (Å²) in [6, 6.07) is 10.7. The van der Waals surface area contributed by atoms with Gasteiger partial charge in [0.2, 0.25) is 5.72 Å². The number of non-ortho nitro benzene ring substituents is 1. The van der Waals surface area contributed by atoms with Gasteiger partial charge in [0.05, 0.1) is 17.4 Å². The molecule has 2 aromatic rings. The lowest BCUT2D eigenvalue weighted by molar-refractivity contribution is -0.384. The molecule has 1 atom stereocenters. The van der Waals surface area contributed by atoms with E-state index in [2.05, 4.69) is 18.7 Å². The van der Waals surface area contributed by atoms with Crippen molar-refractivity contribution in [1.82, 2.24) is 0 Å². The van der Waals surface area contributed by atoms with Gasteiger partial charge in [0.15, 0.2) is 0 Å². The third-order valence-corrected chi connectivity index (χ3v) is 5.59. The zero-order valence-electron chi connectivity index (χ0n) is 15.1. The van der Waals surface area contributed by atoms with Gasteiger partial charge in [0.25, 0.3) is 5.69 Å². The van der Waals surface area contributed by atoms with Gasteiger partial charge >= 0.3 is 0 Å². The van der Waals surface area contributed by atoms with E-state index in [1.54, 1.807) is 13.2 Å². The van der Waals surface area contributed by atoms with Crippen LogP contribution in [0.1, 0.15) is 25.0 Å². The minimum absolute atomic E-state index is 0.0556. The number of ether oxygens (including phenoxy) is 2. The average Bonchev–Trinajstić information content (AvgIpc) is 2.79. The number of nitro groups is 1. The minimum atomic E-state index is -0.717. The fraction of sp³-hybridized carbons (Fsp3) is 0.300. The van der Waals surface area contributed by atoms with Crippen LogP contribution in [0.15, 0.2) is 42.5 Å². The molecule has 0 amide bonds. The minimum Gasteiger partial charge on any atom is -0.497 e. The molecule has 0 fully saturated rings. The van der Waals surface area contributed by atoms with Gasteiger partial charge in [-0.25, -0.2) is 0 Å². The van der Waals surface area contributed by atoms with Crippen LogP contribution >= 0.6 is 0 Å². The van der Waals surface area contributed by atoms with E-state index in [4.69, 9.17) is 9.47 Å². The van der Waals surface area contributed by atoms with E-state index in [1.165, 1.54) is 12.1 Å². The van der Waals surface area contributed by atoms with Crippen LogP contribution in [0.4, 0.5) is 11.4 Å². The molecule has 4 rings (SSSR count). The van der Waals surface area contributed by atoms with Crippen LogP contribution in [0.3, 0.4) is 0 Å². The first-order chi connectivity index (χ1) is 12.3. The maximum atomic E-state index is 11.0. The van der Waals surface area contributed by atoms with Crippen LogP contribution in [0.2, 0.25) is 0 Å². The van der Waals surface area contributed by atoms with Crippen LogP contribution in [0.5, 0.6) is 11.5 Å². The zero-order chi connectivity index (χ0) is 18.7. The number of hydrogen-bond donors (Lipinski definition) is 0. The quantitative estimate of drug-likeness (QED) is 0.600. The van der Waals surface area contributed by atoms with E-state index in [0.29, 0.717) is 11.3 Å². The summed E-state index contributed by atoms with van der Waals surface area (Å²) in [7, 11) is 3.66. The second kappa shape index (κ2) is 5.24. The molecule has 0 bridgehead atoms. The number of anilines is 1. The van der Waals surface area contributed by atoms with Crippen molar-refractivity contribution in [1.29, 1.82) is 0 Å². The van der Waals surface area contributed by atoms with Crippen molar-refractivity contribution in [2.45, 2.75) is 25.0 Å². The van der Waals surface area contributed by atoms with E-state index in [0.717, 1.165) is 17.0 Å². The molecule has 6 heteroatoms. The Balaban J connectivity index is 1.83. The van der Waals surface area contributed by atoms with E-state index in [-0.39, 0.29) is 11.1 Å². The summed E-state index contributed by atoms with van der Waals surface area (Å²) in [4.78, 5) is 12.7. The van der Waals surface area contributed by atoms with Gasteiger partial charge < -0.3 is 14.4 Å². The molecule has 2 aliphatic heterocycles. The Hall–Kier alpha value is -3.02.